The highest BCUT2D eigenvalue weighted by Crippen LogP contribution is 2.17. The molecule has 0 aliphatic carbocycles. The highest BCUT2D eigenvalue weighted by atomic mass is 19.1. The molecule has 0 aliphatic heterocycles. The summed E-state index contributed by atoms with van der Waals surface area (Å²) in [4.78, 5) is 7.87. The zero-order chi connectivity index (χ0) is 11.5. The first-order chi connectivity index (χ1) is 7.70. The summed E-state index contributed by atoms with van der Waals surface area (Å²) in [6.45, 7) is 0. The number of rotatable bonds is 1. The molecule has 0 fully saturated rings. The zero-order valence-corrected chi connectivity index (χ0v) is 8.18. The third-order valence-electron chi connectivity index (χ3n) is 2.02. The molecule has 2 rings (SSSR count). The van der Waals surface area contributed by atoms with Gasteiger partial charge in [0, 0.05) is 5.56 Å². The molecule has 1 aromatic heterocycles. The van der Waals surface area contributed by atoms with Crippen LogP contribution >= 0.6 is 0 Å². The number of halogens is 1. The van der Waals surface area contributed by atoms with Gasteiger partial charge in [-0.3, -0.25) is 0 Å². The Kier molecular flexibility index (Phi) is 2.48. The molecule has 0 bridgehead atoms. The Morgan fingerprint density at radius 3 is 2.81 bits per heavy atom. The van der Waals surface area contributed by atoms with Gasteiger partial charge in [0.2, 0.25) is 0 Å². The monoisotopic (exact) mass is 214 g/mol. The van der Waals surface area contributed by atoms with E-state index in [4.69, 9.17) is 11.0 Å². The lowest BCUT2D eigenvalue weighted by molar-refractivity contribution is 0.628. The van der Waals surface area contributed by atoms with E-state index in [1.165, 1.54) is 18.3 Å². The molecule has 0 unspecified atom stereocenters. The van der Waals surface area contributed by atoms with E-state index in [9.17, 15) is 4.39 Å². The van der Waals surface area contributed by atoms with E-state index in [0.29, 0.717) is 11.4 Å². The van der Waals surface area contributed by atoms with Crippen molar-refractivity contribution in [2.24, 2.45) is 0 Å². The molecule has 0 spiro atoms. The lowest BCUT2D eigenvalue weighted by atomic mass is 10.2. The lowest BCUT2D eigenvalue weighted by Gasteiger charge is -2.01. The van der Waals surface area contributed by atoms with Crippen molar-refractivity contribution in [1.29, 1.82) is 5.26 Å². The van der Waals surface area contributed by atoms with Crippen LogP contribution in [0.15, 0.2) is 30.5 Å². The minimum absolute atomic E-state index is 0.0942. The minimum Gasteiger partial charge on any atom is -0.382 e. The van der Waals surface area contributed by atoms with Crippen LogP contribution in [0.25, 0.3) is 11.4 Å². The third-order valence-corrected chi connectivity index (χ3v) is 2.02. The molecule has 1 aromatic carbocycles. The maximum Gasteiger partial charge on any atom is 0.161 e. The molecular weight excluding hydrogens is 207 g/mol. The smallest absolute Gasteiger partial charge is 0.161 e. The van der Waals surface area contributed by atoms with Crippen molar-refractivity contribution in [3.8, 4) is 17.5 Å². The molecular formula is C11H7FN4. The number of hydrogen-bond donors (Lipinski definition) is 1. The number of nitrogen functional groups attached to an aromatic ring is 1. The molecule has 0 aliphatic rings. The third kappa shape index (κ3) is 1.81. The normalized spacial score (nSPS) is 9.75. The number of benzene rings is 1. The van der Waals surface area contributed by atoms with Crippen molar-refractivity contribution in [3.63, 3.8) is 0 Å². The fourth-order valence-corrected chi connectivity index (χ4v) is 1.25. The van der Waals surface area contributed by atoms with Gasteiger partial charge in [0.25, 0.3) is 0 Å². The van der Waals surface area contributed by atoms with Gasteiger partial charge in [0.05, 0.1) is 6.20 Å². The molecule has 0 radical (unpaired) electrons. The summed E-state index contributed by atoms with van der Waals surface area (Å²) in [5.41, 5.74) is 6.27. The predicted molar refractivity (Wildman–Crippen MR) is 56.6 cm³/mol. The molecule has 4 nitrogen and oxygen atoms in total. The van der Waals surface area contributed by atoms with E-state index in [0.717, 1.165) is 0 Å². The SMILES string of the molecule is N#Cc1cnc(-c2cccc(F)c2)nc1N. The van der Waals surface area contributed by atoms with Gasteiger partial charge >= 0.3 is 0 Å². The molecule has 0 amide bonds. The highest BCUT2D eigenvalue weighted by molar-refractivity contribution is 5.59. The van der Waals surface area contributed by atoms with Crippen LogP contribution in [-0.2, 0) is 0 Å². The van der Waals surface area contributed by atoms with E-state index in [-0.39, 0.29) is 17.2 Å². The summed E-state index contributed by atoms with van der Waals surface area (Å²) in [5.74, 6) is 0.0248. The lowest BCUT2D eigenvalue weighted by Crippen LogP contribution is -1.99. The van der Waals surface area contributed by atoms with Gasteiger partial charge in [0.15, 0.2) is 5.82 Å². The number of nitrogens with zero attached hydrogens (tertiary/aromatic N) is 3. The van der Waals surface area contributed by atoms with E-state index in [1.807, 2.05) is 6.07 Å². The van der Waals surface area contributed by atoms with Crippen LogP contribution < -0.4 is 5.73 Å². The Bertz CT molecular complexity index is 574. The zero-order valence-electron chi connectivity index (χ0n) is 8.18. The minimum atomic E-state index is -0.371. The van der Waals surface area contributed by atoms with Gasteiger partial charge in [-0.1, -0.05) is 12.1 Å². The Labute approximate surface area is 91.2 Å². The molecule has 16 heavy (non-hydrogen) atoms. The van der Waals surface area contributed by atoms with E-state index in [1.54, 1.807) is 12.1 Å². The van der Waals surface area contributed by atoms with E-state index < -0.39 is 0 Å². The van der Waals surface area contributed by atoms with Crippen LogP contribution in [0.5, 0.6) is 0 Å². The Morgan fingerprint density at radius 2 is 2.19 bits per heavy atom. The first kappa shape index (κ1) is 10.1. The van der Waals surface area contributed by atoms with Crippen molar-refractivity contribution >= 4 is 5.82 Å². The molecule has 2 aromatic rings. The number of anilines is 1. The van der Waals surface area contributed by atoms with Crippen LogP contribution in [0, 0.1) is 17.1 Å². The van der Waals surface area contributed by atoms with Crippen molar-refractivity contribution in [2.45, 2.75) is 0 Å². The second-order valence-corrected chi connectivity index (χ2v) is 3.11. The largest absolute Gasteiger partial charge is 0.382 e. The van der Waals surface area contributed by atoms with E-state index in [2.05, 4.69) is 9.97 Å². The number of aromatic nitrogens is 2. The molecule has 5 heteroatoms. The average Bonchev–Trinajstić information content (AvgIpc) is 2.29. The van der Waals surface area contributed by atoms with Gasteiger partial charge in [0.1, 0.15) is 23.3 Å². The summed E-state index contributed by atoms with van der Waals surface area (Å²) < 4.78 is 13.0. The van der Waals surface area contributed by atoms with Crippen molar-refractivity contribution in [1.82, 2.24) is 9.97 Å². The number of hydrogen-bond acceptors (Lipinski definition) is 4. The second-order valence-electron chi connectivity index (χ2n) is 3.11. The summed E-state index contributed by atoms with van der Waals surface area (Å²) in [6, 6.07) is 7.73. The molecule has 1 heterocycles. The molecule has 78 valence electrons. The second kappa shape index (κ2) is 3.95. The molecule has 0 atom stereocenters. The molecule has 0 saturated heterocycles. The van der Waals surface area contributed by atoms with Crippen molar-refractivity contribution in [2.75, 3.05) is 5.73 Å². The highest BCUT2D eigenvalue weighted by Gasteiger charge is 2.06. The Balaban J connectivity index is 2.50. The summed E-state index contributed by atoms with van der Waals surface area (Å²) in [6.07, 6.45) is 1.32. The van der Waals surface area contributed by atoms with Gasteiger partial charge in [-0.15, -0.1) is 0 Å². The fraction of sp³-hybridized carbons (Fsp3) is 0. The summed E-state index contributed by atoms with van der Waals surface area (Å²) in [7, 11) is 0. The summed E-state index contributed by atoms with van der Waals surface area (Å²) >= 11 is 0. The van der Waals surface area contributed by atoms with Crippen LogP contribution in [0.4, 0.5) is 10.2 Å². The van der Waals surface area contributed by atoms with Gasteiger partial charge < -0.3 is 5.73 Å². The topological polar surface area (TPSA) is 75.6 Å². The maximum absolute atomic E-state index is 13.0. The van der Waals surface area contributed by atoms with Crippen molar-refractivity contribution < 1.29 is 4.39 Å². The quantitative estimate of drug-likeness (QED) is 0.784. The van der Waals surface area contributed by atoms with Gasteiger partial charge in [-0.2, -0.15) is 5.26 Å². The van der Waals surface area contributed by atoms with Crippen molar-refractivity contribution in [3.05, 3.63) is 41.8 Å². The molecule has 0 saturated carbocycles. The Morgan fingerprint density at radius 1 is 1.38 bits per heavy atom. The average molecular weight is 214 g/mol. The predicted octanol–water partition coefficient (Wildman–Crippen LogP) is 1.74. The van der Waals surface area contributed by atoms with Crippen LogP contribution in [0.2, 0.25) is 0 Å². The Hall–Kier alpha value is -2.48. The first-order valence-corrected chi connectivity index (χ1v) is 4.49. The number of nitriles is 1. The van der Waals surface area contributed by atoms with Gasteiger partial charge in [-0.25, -0.2) is 14.4 Å². The van der Waals surface area contributed by atoms with Crippen LogP contribution in [0.3, 0.4) is 0 Å². The fourth-order valence-electron chi connectivity index (χ4n) is 1.25. The molecule has 2 N–H and O–H groups in total. The standard InChI is InChI=1S/C11H7FN4/c12-9-3-1-2-7(4-9)11-15-6-8(5-13)10(14)16-11/h1-4,6H,(H2,14,15,16). The summed E-state index contributed by atoms with van der Waals surface area (Å²) in [5, 5.41) is 8.65. The van der Waals surface area contributed by atoms with E-state index >= 15 is 0 Å². The van der Waals surface area contributed by atoms with Gasteiger partial charge in [-0.05, 0) is 12.1 Å². The van der Waals surface area contributed by atoms with Crippen LogP contribution in [-0.4, -0.2) is 9.97 Å². The maximum atomic E-state index is 13.0. The first-order valence-electron chi connectivity index (χ1n) is 4.49. The number of nitrogens with two attached hydrogens (primary N) is 1. The van der Waals surface area contributed by atoms with Crippen LogP contribution in [0.1, 0.15) is 5.56 Å².